The van der Waals surface area contributed by atoms with Gasteiger partial charge in [-0.05, 0) is 18.4 Å². The maximum Gasteiger partial charge on any atom is 0.0717 e. The van der Waals surface area contributed by atoms with Crippen molar-refractivity contribution in [1.82, 2.24) is 0 Å². The van der Waals surface area contributed by atoms with Crippen LogP contribution in [-0.2, 0) is 11.3 Å². The molecule has 0 radical (unpaired) electrons. The van der Waals surface area contributed by atoms with Crippen molar-refractivity contribution in [2.45, 2.75) is 20.5 Å². The zero-order chi connectivity index (χ0) is 11.8. The van der Waals surface area contributed by atoms with Crippen molar-refractivity contribution in [3.8, 4) is 0 Å². The van der Waals surface area contributed by atoms with Crippen LogP contribution >= 0.6 is 15.9 Å². The predicted molar refractivity (Wildman–Crippen MR) is 72.8 cm³/mol. The van der Waals surface area contributed by atoms with Gasteiger partial charge in [0.2, 0.25) is 0 Å². The highest BCUT2D eigenvalue weighted by Crippen LogP contribution is 2.07. The van der Waals surface area contributed by atoms with Crippen LogP contribution in [0.2, 0.25) is 0 Å². The number of allylic oxidation sites excluding steroid dienone is 1. The number of ether oxygens (including phenoxy) is 1. The molecule has 16 heavy (non-hydrogen) atoms. The Morgan fingerprint density at radius 3 is 2.69 bits per heavy atom. The van der Waals surface area contributed by atoms with Gasteiger partial charge in [-0.2, -0.15) is 0 Å². The third-order valence-electron chi connectivity index (χ3n) is 2.27. The summed E-state index contributed by atoms with van der Waals surface area (Å²) in [4.78, 5) is 0. The number of benzene rings is 1. The molecule has 0 fully saturated rings. The van der Waals surface area contributed by atoms with E-state index in [1.165, 1.54) is 11.1 Å². The maximum absolute atomic E-state index is 5.67. The molecule has 1 aromatic carbocycles. The fourth-order valence-corrected chi connectivity index (χ4v) is 1.70. The minimum absolute atomic E-state index is 0.473. The molecule has 0 saturated heterocycles. The lowest BCUT2D eigenvalue weighted by Crippen LogP contribution is -2.04. The van der Waals surface area contributed by atoms with Crippen LogP contribution in [0.15, 0.2) is 42.0 Å². The van der Waals surface area contributed by atoms with Crippen LogP contribution in [0, 0.1) is 5.92 Å². The molecular formula is C14H19BrO. The minimum Gasteiger partial charge on any atom is -0.376 e. The standard InChI is InChI=1S/C14H19BrO/c1-12(9-15)8-13(2)10-16-11-14-6-4-3-5-7-14/h3-8,13H,9-11H2,1-2H3/b12-8+/t13-/m1/s1. The third kappa shape index (κ3) is 5.47. The predicted octanol–water partition coefficient (Wildman–Crippen LogP) is 4.18. The van der Waals surface area contributed by atoms with E-state index in [1.54, 1.807) is 0 Å². The lowest BCUT2D eigenvalue weighted by molar-refractivity contribution is 0.104. The second-order valence-corrected chi connectivity index (χ2v) is 4.69. The van der Waals surface area contributed by atoms with Crippen LogP contribution < -0.4 is 0 Å². The first kappa shape index (κ1) is 13.5. The van der Waals surface area contributed by atoms with Gasteiger partial charge in [0.1, 0.15) is 0 Å². The average Bonchev–Trinajstić information content (AvgIpc) is 2.30. The summed E-state index contributed by atoms with van der Waals surface area (Å²) in [6.45, 7) is 5.78. The van der Waals surface area contributed by atoms with Crippen LogP contribution in [0.25, 0.3) is 0 Å². The minimum atomic E-state index is 0.473. The molecule has 0 aliphatic heterocycles. The van der Waals surface area contributed by atoms with Crippen LogP contribution in [0.5, 0.6) is 0 Å². The van der Waals surface area contributed by atoms with E-state index in [9.17, 15) is 0 Å². The van der Waals surface area contributed by atoms with E-state index < -0.39 is 0 Å². The van der Waals surface area contributed by atoms with Crippen molar-refractivity contribution in [2.75, 3.05) is 11.9 Å². The first-order chi connectivity index (χ1) is 7.72. The van der Waals surface area contributed by atoms with E-state index in [2.05, 4.69) is 48.0 Å². The van der Waals surface area contributed by atoms with Crippen molar-refractivity contribution >= 4 is 15.9 Å². The molecular weight excluding hydrogens is 264 g/mol. The second-order valence-electron chi connectivity index (χ2n) is 4.12. The monoisotopic (exact) mass is 282 g/mol. The summed E-state index contributed by atoms with van der Waals surface area (Å²) in [6.07, 6.45) is 2.25. The summed E-state index contributed by atoms with van der Waals surface area (Å²) in [5.41, 5.74) is 2.59. The quantitative estimate of drug-likeness (QED) is 0.562. The lowest BCUT2D eigenvalue weighted by atomic mass is 10.1. The molecule has 1 nitrogen and oxygen atoms in total. The molecule has 88 valence electrons. The molecule has 0 amide bonds. The molecule has 1 atom stereocenters. The fraction of sp³-hybridized carbons (Fsp3) is 0.429. The van der Waals surface area contributed by atoms with Crippen LogP contribution in [0.1, 0.15) is 19.4 Å². The second kappa shape index (κ2) is 7.64. The Morgan fingerprint density at radius 2 is 2.06 bits per heavy atom. The van der Waals surface area contributed by atoms with E-state index in [0.717, 1.165) is 11.9 Å². The van der Waals surface area contributed by atoms with Gasteiger partial charge in [-0.15, -0.1) is 0 Å². The highest BCUT2D eigenvalue weighted by molar-refractivity contribution is 9.09. The Kier molecular flexibility index (Phi) is 6.43. The first-order valence-corrected chi connectivity index (χ1v) is 6.69. The summed E-state index contributed by atoms with van der Waals surface area (Å²) in [6, 6.07) is 10.3. The SMILES string of the molecule is C/C(=C\[C@@H](C)COCc1ccccc1)CBr. The van der Waals surface area contributed by atoms with Gasteiger partial charge in [0.25, 0.3) is 0 Å². The van der Waals surface area contributed by atoms with Gasteiger partial charge in [0.15, 0.2) is 0 Å². The molecule has 0 saturated carbocycles. The van der Waals surface area contributed by atoms with Crippen molar-refractivity contribution in [1.29, 1.82) is 0 Å². The molecule has 0 N–H and O–H groups in total. The number of hydrogen-bond acceptors (Lipinski definition) is 1. The Balaban J connectivity index is 2.26. The molecule has 0 unspecified atom stereocenters. The molecule has 1 aromatic rings. The summed E-state index contributed by atoms with van der Waals surface area (Å²) >= 11 is 3.44. The molecule has 1 rings (SSSR count). The summed E-state index contributed by atoms with van der Waals surface area (Å²) in [7, 11) is 0. The molecule has 0 heterocycles. The summed E-state index contributed by atoms with van der Waals surface area (Å²) < 4.78 is 5.67. The van der Waals surface area contributed by atoms with E-state index >= 15 is 0 Å². The van der Waals surface area contributed by atoms with Gasteiger partial charge in [-0.3, -0.25) is 0 Å². The van der Waals surface area contributed by atoms with Gasteiger partial charge < -0.3 is 4.74 Å². The van der Waals surface area contributed by atoms with Crippen LogP contribution in [0.4, 0.5) is 0 Å². The van der Waals surface area contributed by atoms with Gasteiger partial charge in [0, 0.05) is 5.33 Å². The average molecular weight is 283 g/mol. The Labute approximate surface area is 107 Å². The van der Waals surface area contributed by atoms with E-state index in [-0.39, 0.29) is 0 Å². The van der Waals surface area contributed by atoms with Gasteiger partial charge in [-0.25, -0.2) is 0 Å². The number of alkyl halides is 1. The molecule has 2 heteroatoms. The van der Waals surface area contributed by atoms with Gasteiger partial charge >= 0.3 is 0 Å². The fourth-order valence-electron chi connectivity index (χ4n) is 1.52. The number of hydrogen-bond donors (Lipinski definition) is 0. The van der Waals surface area contributed by atoms with Crippen molar-refractivity contribution in [3.05, 3.63) is 47.5 Å². The zero-order valence-corrected chi connectivity index (χ0v) is 11.5. The molecule has 0 aromatic heterocycles. The topological polar surface area (TPSA) is 9.23 Å². The normalized spacial score (nSPS) is 13.8. The Bertz CT molecular complexity index is 319. The van der Waals surface area contributed by atoms with E-state index in [0.29, 0.717) is 12.5 Å². The number of halogens is 1. The van der Waals surface area contributed by atoms with Gasteiger partial charge in [0.05, 0.1) is 13.2 Å². The lowest BCUT2D eigenvalue weighted by Gasteiger charge is -2.09. The summed E-state index contributed by atoms with van der Waals surface area (Å²) in [5.74, 6) is 0.473. The Morgan fingerprint density at radius 1 is 1.38 bits per heavy atom. The summed E-state index contributed by atoms with van der Waals surface area (Å²) in [5, 5.41) is 0.941. The smallest absolute Gasteiger partial charge is 0.0717 e. The van der Waals surface area contributed by atoms with Crippen LogP contribution in [-0.4, -0.2) is 11.9 Å². The highest BCUT2D eigenvalue weighted by atomic mass is 79.9. The van der Waals surface area contributed by atoms with Crippen molar-refractivity contribution in [3.63, 3.8) is 0 Å². The van der Waals surface area contributed by atoms with E-state index in [1.807, 2.05) is 18.2 Å². The Hall–Kier alpha value is -0.600. The van der Waals surface area contributed by atoms with Crippen molar-refractivity contribution < 1.29 is 4.74 Å². The largest absolute Gasteiger partial charge is 0.376 e. The molecule has 0 aliphatic carbocycles. The number of rotatable bonds is 6. The molecule has 0 bridgehead atoms. The first-order valence-electron chi connectivity index (χ1n) is 5.57. The van der Waals surface area contributed by atoms with E-state index in [4.69, 9.17) is 4.74 Å². The van der Waals surface area contributed by atoms with Gasteiger partial charge in [-0.1, -0.05) is 64.8 Å². The maximum atomic E-state index is 5.67. The zero-order valence-electron chi connectivity index (χ0n) is 9.95. The van der Waals surface area contributed by atoms with Crippen LogP contribution in [0.3, 0.4) is 0 Å². The molecule has 0 aliphatic rings. The molecule has 0 spiro atoms. The highest BCUT2D eigenvalue weighted by Gasteiger charge is 1.99. The third-order valence-corrected chi connectivity index (χ3v) is 3.16. The van der Waals surface area contributed by atoms with Crippen molar-refractivity contribution in [2.24, 2.45) is 5.92 Å².